The molecule has 2 fully saturated rings. The Morgan fingerprint density at radius 1 is 1.19 bits per heavy atom. The van der Waals surface area contributed by atoms with E-state index in [9.17, 15) is 9.18 Å². The highest BCUT2D eigenvalue weighted by molar-refractivity contribution is 5.78. The van der Waals surface area contributed by atoms with Gasteiger partial charge >= 0.3 is 0 Å². The molecule has 0 bridgehead atoms. The maximum Gasteiger partial charge on any atom is 0.222 e. The van der Waals surface area contributed by atoms with Crippen LogP contribution in [0.25, 0.3) is 11.1 Å². The number of alkyl halides is 1. The molecule has 0 atom stereocenters. The van der Waals surface area contributed by atoms with E-state index in [0.29, 0.717) is 18.2 Å². The summed E-state index contributed by atoms with van der Waals surface area (Å²) in [6, 6.07) is 5.99. The largest absolute Gasteiger partial charge is 0.371 e. The molecule has 0 saturated carbocycles. The van der Waals surface area contributed by atoms with E-state index < -0.39 is 6.67 Å². The third-order valence-corrected chi connectivity index (χ3v) is 5.66. The number of carbonyl (C=O) groups excluding carboxylic acids is 1. The van der Waals surface area contributed by atoms with Gasteiger partial charge in [0.15, 0.2) is 0 Å². The fourth-order valence-electron chi connectivity index (χ4n) is 4.15. The van der Waals surface area contributed by atoms with Gasteiger partial charge < -0.3 is 9.80 Å². The molecule has 0 radical (unpaired) electrons. The standard InChI is InChI=1S/C20H25FN4O/c21-11-17-10-16(18-12-22-23-13-18)3-4-19(17)24-8-5-15(6-9-24)14-25-7-1-2-20(25)26/h3-4,10,12-13,15H,1-2,5-9,11,14H2,(H,22,23). The Bertz CT molecular complexity index is 753. The normalized spacial score (nSPS) is 18.7. The van der Waals surface area contributed by atoms with Crippen LogP contribution in [0.1, 0.15) is 31.2 Å². The number of hydrogen-bond donors (Lipinski definition) is 1. The second-order valence-corrected chi connectivity index (χ2v) is 7.34. The maximum atomic E-state index is 13.7. The predicted molar refractivity (Wildman–Crippen MR) is 99.6 cm³/mol. The van der Waals surface area contributed by atoms with Crippen molar-refractivity contribution in [3.63, 3.8) is 0 Å². The summed E-state index contributed by atoms with van der Waals surface area (Å²) in [5.41, 5.74) is 3.69. The summed E-state index contributed by atoms with van der Waals surface area (Å²) in [6.07, 6.45) is 7.39. The molecule has 3 heterocycles. The van der Waals surface area contributed by atoms with Gasteiger partial charge in [-0.15, -0.1) is 0 Å². The van der Waals surface area contributed by atoms with Gasteiger partial charge in [-0.3, -0.25) is 9.89 Å². The van der Waals surface area contributed by atoms with E-state index in [4.69, 9.17) is 0 Å². The molecule has 0 unspecified atom stereocenters. The molecular weight excluding hydrogens is 331 g/mol. The zero-order valence-electron chi connectivity index (χ0n) is 15.0. The topological polar surface area (TPSA) is 52.2 Å². The number of amides is 1. The van der Waals surface area contributed by atoms with E-state index in [-0.39, 0.29) is 0 Å². The minimum Gasteiger partial charge on any atom is -0.371 e. The van der Waals surface area contributed by atoms with Gasteiger partial charge in [-0.05, 0) is 42.9 Å². The van der Waals surface area contributed by atoms with Crippen LogP contribution in [0.2, 0.25) is 0 Å². The molecule has 2 aliphatic rings. The number of halogens is 1. The third-order valence-electron chi connectivity index (χ3n) is 5.66. The Kier molecular flexibility index (Phi) is 4.91. The highest BCUT2D eigenvalue weighted by atomic mass is 19.1. The zero-order valence-corrected chi connectivity index (χ0v) is 15.0. The predicted octanol–water partition coefficient (Wildman–Crippen LogP) is 3.39. The summed E-state index contributed by atoms with van der Waals surface area (Å²) in [6.45, 7) is 3.18. The molecule has 1 N–H and O–H groups in total. The fraction of sp³-hybridized carbons (Fsp3) is 0.500. The molecule has 2 aliphatic heterocycles. The van der Waals surface area contributed by atoms with Crippen molar-refractivity contribution in [1.82, 2.24) is 15.1 Å². The Labute approximate surface area is 153 Å². The maximum absolute atomic E-state index is 13.7. The first-order valence-electron chi connectivity index (χ1n) is 9.45. The quantitative estimate of drug-likeness (QED) is 0.893. The minimum absolute atomic E-state index is 0.307. The molecule has 1 aromatic heterocycles. The van der Waals surface area contributed by atoms with Gasteiger partial charge in [-0.1, -0.05) is 6.07 Å². The van der Waals surface area contributed by atoms with Gasteiger partial charge in [0.05, 0.1) is 6.20 Å². The first-order chi connectivity index (χ1) is 12.7. The van der Waals surface area contributed by atoms with E-state index in [1.165, 1.54) is 0 Å². The number of rotatable bonds is 5. The van der Waals surface area contributed by atoms with Crippen LogP contribution >= 0.6 is 0 Å². The van der Waals surface area contributed by atoms with Crippen molar-refractivity contribution in [2.24, 2.45) is 5.92 Å². The zero-order chi connectivity index (χ0) is 17.9. The van der Waals surface area contributed by atoms with Crippen LogP contribution < -0.4 is 4.90 Å². The van der Waals surface area contributed by atoms with E-state index in [2.05, 4.69) is 15.1 Å². The number of likely N-dealkylation sites (tertiary alicyclic amines) is 1. The molecule has 4 rings (SSSR count). The first-order valence-corrected chi connectivity index (χ1v) is 9.45. The summed E-state index contributed by atoms with van der Waals surface area (Å²) in [5, 5.41) is 6.76. The molecule has 0 aliphatic carbocycles. The number of aromatic nitrogens is 2. The highest BCUT2D eigenvalue weighted by Gasteiger charge is 2.27. The van der Waals surface area contributed by atoms with Crippen molar-refractivity contribution >= 4 is 11.6 Å². The van der Waals surface area contributed by atoms with E-state index in [0.717, 1.165) is 67.8 Å². The van der Waals surface area contributed by atoms with Gasteiger partial charge in [-0.2, -0.15) is 5.10 Å². The first kappa shape index (κ1) is 17.1. The fourth-order valence-corrected chi connectivity index (χ4v) is 4.15. The molecule has 5 nitrogen and oxygen atoms in total. The summed E-state index contributed by atoms with van der Waals surface area (Å²) >= 11 is 0. The second kappa shape index (κ2) is 7.48. The summed E-state index contributed by atoms with van der Waals surface area (Å²) < 4.78 is 13.7. The Morgan fingerprint density at radius 2 is 2.04 bits per heavy atom. The SMILES string of the molecule is O=C1CCCN1CC1CCN(c2ccc(-c3cn[nH]c3)cc2CF)CC1. The van der Waals surface area contributed by atoms with Crippen LogP contribution in [-0.2, 0) is 11.5 Å². The number of benzene rings is 1. The number of piperidine rings is 1. The molecule has 2 aromatic rings. The lowest BCUT2D eigenvalue weighted by molar-refractivity contribution is -0.128. The number of hydrogen-bond acceptors (Lipinski definition) is 3. The van der Waals surface area contributed by atoms with Crippen LogP contribution in [0.3, 0.4) is 0 Å². The van der Waals surface area contributed by atoms with Crippen LogP contribution in [0.4, 0.5) is 10.1 Å². The van der Waals surface area contributed by atoms with E-state index >= 15 is 0 Å². The number of nitrogens with zero attached hydrogens (tertiary/aromatic N) is 3. The van der Waals surface area contributed by atoms with Crippen molar-refractivity contribution < 1.29 is 9.18 Å². The lowest BCUT2D eigenvalue weighted by Gasteiger charge is -2.36. The molecule has 138 valence electrons. The van der Waals surface area contributed by atoms with Crippen LogP contribution in [0.15, 0.2) is 30.6 Å². The second-order valence-electron chi connectivity index (χ2n) is 7.34. The van der Waals surface area contributed by atoms with E-state index in [1.807, 2.05) is 29.3 Å². The van der Waals surface area contributed by atoms with Crippen molar-refractivity contribution in [1.29, 1.82) is 0 Å². The average molecular weight is 356 g/mol. The van der Waals surface area contributed by atoms with Crippen LogP contribution in [0, 0.1) is 5.92 Å². The minimum atomic E-state index is -0.469. The monoisotopic (exact) mass is 356 g/mol. The summed E-state index contributed by atoms with van der Waals surface area (Å²) in [4.78, 5) is 16.1. The molecule has 26 heavy (non-hydrogen) atoms. The molecular formula is C20H25FN4O. The smallest absolute Gasteiger partial charge is 0.222 e. The number of anilines is 1. The Morgan fingerprint density at radius 3 is 2.69 bits per heavy atom. The molecule has 0 spiro atoms. The van der Waals surface area contributed by atoms with Crippen molar-refractivity contribution in [3.8, 4) is 11.1 Å². The van der Waals surface area contributed by atoms with Gasteiger partial charge in [0.1, 0.15) is 6.67 Å². The Balaban J connectivity index is 1.41. The van der Waals surface area contributed by atoms with Gasteiger partial charge in [0.25, 0.3) is 0 Å². The van der Waals surface area contributed by atoms with Crippen LogP contribution in [-0.4, -0.2) is 47.2 Å². The van der Waals surface area contributed by atoms with E-state index in [1.54, 1.807) is 6.20 Å². The molecule has 6 heteroatoms. The molecule has 1 amide bonds. The highest BCUT2D eigenvalue weighted by Crippen LogP contribution is 2.31. The number of aromatic amines is 1. The van der Waals surface area contributed by atoms with Crippen molar-refractivity contribution in [2.45, 2.75) is 32.4 Å². The third kappa shape index (κ3) is 3.45. The summed E-state index contributed by atoms with van der Waals surface area (Å²) in [5.74, 6) is 0.870. The number of carbonyl (C=O) groups is 1. The van der Waals surface area contributed by atoms with Gasteiger partial charge in [-0.25, -0.2) is 4.39 Å². The molecule has 1 aromatic carbocycles. The van der Waals surface area contributed by atoms with Gasteiger partial charge in [0, 0.05) is 55.6 Å². The van der Waals surface area contributed by atoms with Crippen molar-refractivity contribution in [2.75, 3.05) is 31.1 Å². The Hall–Kier alpha value is -2.37. The van der Waals surface area contributed by atoms with Crippen molar-refractivity contribution in [3.05, 3.63) is 36.2 Å². The number of H-pyrrole nitrogens is 1. The molecule has 2 saturated heterocycles. The lowest BCUT2D eigenvalue weighted by Crippen LogP contribution is -2.39. The lowest BCUT2D eigenvalue weighted by atomic mass is 9.95. The summed E-state index contributed by atoms with van der Waals surface area (Å²) in [7, 11) is 0. The van der Waals surface area contributed by atoms with Crippen LogP contribution in [0.5, 0.6) is 0 Å². The van der Waals surface area contributed by atoms with Gasteiger partial charge in [0.2, 0.25) is 5.91 Å². The number of nitrogens with one attached hydrogen (secondary N) is 1. The average Bonchev–Trinajstić information content (AvgIpc) is 3.34.